The van der Waals surface area contributed by atoms with Crippen LogP contribution in [0.1, 0.15) is 33.2 Å². The summed E-state index contributed by atoms with van der Waals surface area (Å²) < 4.78 is 39.6. The summed E-state index contributed by atoms with van der Waals surface area (Å²) in [5, 5.41) is 8.20. The van der Waals surface area contributed by atoms with Crippen molar-refractivity contribution in [2.75, 3.05) is 7.11 Å². The molecule has 2 aromatic heterocycles. The smallest absolute Gasteiger partial charge is 0.329 e. The predicted octanol–water partition coefficient (Wildman–Crippen LogP) is 4.95. The molecule has 0 N–H and O–H groups in total. The van der Waals surface area contributed by atoms with Crippen LogP contribution >= 0.6 is 23.2 Å². The number of esters is 1. The normalized spacial score (nSPS) is 12.6. The van der Waals surface area contributed by atoms with Gasteiger partial charge in [-0.3, -0.25) is 9.36 Å². The van der Waals surface area contributed by atoms with Crippen LogP contribution in [0.5, 0.6) is 5.75 Å². The number of pyridine rings is 1. The Morgan fingerprint density at radius 1 is 1.15 bits per heavy atom. The number of halogens is 4. The van der Waals surface area contributed by atoms with Crippen molar-refractivity contribution in [1.29, 1.82) is 0 Å². The lowest BCUT2D eigenvalue weighted by Gasteiger charge is -2.25. The van der Waals surface area contributed by atoms with Crippen LogP contribution in [0, 0.1) is 0 Å². The molecule has 1 atom stereocenters. The Labute approximate surface area is 204 Å². The third kappa shape index (κ3) is 5.92. The third-order valence-corrected chi connectivity index (χ3v) is 5.05. The molecular weight excluding hydrogens is 493 g/mol. The minimum Gasteiger partial charge on any atom is -0.495 e. The molecule has 2 heterocycles. The minimum absolute atomic E-state index is 0.136. The van der Waals surface area contributed by atoms with E-state index in [0.717, 1.165) is 4.57 Å². The van der Waals surface area contributed by atoms with Crippen LogP contribution in [0.25, 0.3) is 16.8 Å². The summed E-state index contributed by atoms with van der Waals surface area (Å²) in [7, 11) is 1.35. The number of benzene rings is 1. The fourth-order valence-corrected chi connectivity index (χ4v) is 3.59. The Bertz CT molecular complexity index is 1250. The number of alkyl halides is 2. The summed E-state index contributed by atoms with van der Waals surface area (Å²) in [4.78, 5) is 25.8. The molecule has 182 valence electrons. The van der Waals surface area contributed by atoms with E-state index in [1.165, 1.54) is 30.3 Å². The van der Waals surface area contributed by atoms with E-state index < -0.39 is 36.0 Å². The van der Waals surface area contributed by atoms with Gasteiger partial charge in [-0.2, -0.15) is 0 Å². The van der Waals surface area contributed by atoms with Gasteiger partial charge in [-0.05, 0) is 39.0 Å². The molecule has 0 saturated heterocycles. The van der Waals surface area contributed by atoms with E-state index in [2.05, 4.69) is 10.3 Å². The topological polar surface area (TPSA) is 88.2 Å². The first-order chi connectivity index (χ1) is 15.9. The number of carbonyl (C=O) groups is 1. The monoisotopic (exact) mass is 514 g/mol. The third-order valence-electron chi connectivity index (χ3n) is 4.64. The van der Waals surface area contributed by atoms with Gasteiger partial charge in [0.25, 0.3) is 5.56 Å². The van der Waals surface area contributed by atoms with Crippen molar-refractivity contribution in [1.82, 2.24) is 19.6 Å². The molecule has 0 spiro atoms. The molecule has 0 aliphatic rings. The van der Waals surface area contributed by atoms with Crippen molar-refractivity contribution < 1.29 is 23.0 Å². The number of rotatable bonds is 7. The van der Waals surface area contributed by atoms with Crippen molar-refractivity contribution in [2.24, 2.45) is 0 Å². The SMILES string of the molecule is COc1cn(C(CC(F)F)C(=O)OC(C)(C)C)c(=O)cc1-c1cc(Cl)ccc1-n1cc(Cl)nn1. The molecule has 8 nitrogen and oxygen atoms in total. The number of ether oxygens (including phenoxy) is 2. The zero-order valence-corrected chi connectivity index (χ0v) is 20.3. The van der Waals surface area contributed by atoms with Crippen molar-refractivity contribution in [2.45, 2.75) is 45.3 Å². The van der Waals surface area contributed by atoms with Crippen molar-refractivity contribution in [3.05, 3.63) is 57.2 Å². The lowest BCUT2D eigenvalue weighted by atomic mass is 10.0. The maximum atomic E-state index is 13.3. The molecule has 0 radical (unpaired) electrons. The van der Waals surface area contributed by atoms with E-state index in [0.29, 0.717) is 21.8 Å². The molecule has 0 aliphatic carbocycles. The van der Waals surface area contributed by atoms with Gasteiger partial charge in [-0.15, -0.1) is 5.10 Å². The van der Waals surface area contributed by atoms with E-state index in [4.69, 9.17) is 32.7 Å². The molecule has 0 aliphatic heterocycles. The van der Waals surface area contributed by atoms with Crippen LogP contribution in [0.4, 0.5) is 8.78 Å². The summed E-state index contributed by atoms with van der Waals surface area (Å²) in [5.74, 6) is -0.817. The van der Waals surface area contributed by atoms with Crippen LogP contribution in [0.2, 0.25) is 10.2 Å². The van der Waals surface area contributed by atoms with E-state index >= 15 is 0 Å². The Morgan fingerprint density at radius 2 is 1.85 bits per heavy atom. The summed E-state index contributed by atoms with van der Waals surface area (Å²) >= 11 is 12.1. The van der Waals surface area contributed by atoms with E-state index in [-0.39, 0.29) is 10.9 Å². The second-order valence-corrected chi connectivity index (χ2v) is 9.15. The number of nitrogens with zero attached hydrogens (tertiary/aromatic N) is 4. The second-order valence-electron chi connectivity index (χ2n) is 8.32. The molecule has 34 heavy (non-hydrogen) atoms. The zero-order chi connectivity index (χ0) is 25.2. The predicted molar refractivity (Wildman–Crippen MR) is 123 cm³/mol. The highest BCUT2D eigenvalue weighted by atomic mass is 35.5. The number of carbonyl (C=O) groups excluding carboxylic acids is 1. The average molecular weight is 515 g/mol. The highest BCUT2D eigenvalue weighted by Crippen LogP contribution is 2.36. The standard InChI is InChI=1S/C22H22Cl2F2N4O4/c1-22(2,3)34-21(32)16(9-19(25)26)29-10-17(33-4)14(8-20(29)31)13-7-12(23)5-6-15(13)30-11-18(24)27-28-30/h5-8,10-11,16,19H,9H2,1-4H3. The number of methoxy groups -OCH3 is 1. The first-order valence-corrected chi connectivity index (χ1v) is 10.8. The molecule has 1 unspecified atom stereocenters. The Morgan fingerprint density at radius 3 is 2.41 bits per heavy atom. The fourth-order valence-electron chi connectivity index (χ4n) is 3.29. The maximum absolute atomic E-state index is 13.3. The number of hydrogen-bond acceptors (Lipinski definition) is 6. The molecule has 12 heteroatoms. The van der Waals surface area contributed by atoms with E-state index in [9.17, 15) is 18.4 Å². The highest BCUT2D eigenvalue weighted by molar-refractivity contribution is 6.31. The minimum atomic E-state index is -2.85. The van der Waals surface area contributed by atoms with Crippen LogP contribution in [0.3, 0.4) is 0 Å². The fraction of sp³-hybridized carbons (Fsp3) is 0.364. The molecule has 1 aromatic carbocycles. The number of aromatic nitrogens is 4. The van der Waals surface area contributed by atoms with Crippen LogP contribution < -0.4 is 10.3 Å². The van der Waals surface area contributed by atoms with Gasteiger partial charge in [-0.1, -0.05) is 28.4 Å². The number of hydrogen-bond donors (Lipinski definition) is 0. The first-order valence-electron chi connectivity index (χ1n) is 10.1. The van der Waals surface area contributed by atoms with Crippen molar-refractivity contribution >= 4 is 29.2 Å². The van der Waals surface area contributed by atoms with Crippen molar-refractivity contribution in [3.63, 3.8) is 0 Å². The molecule has 3 aromatic rings. The van der Waals surface area contributed by atoms with Gasteiger partial charge < -0.3 is 9.47 Å². The molecule has 0 bridgehead atoms. The lowest BCUT2D eigenvalue weighted by molar-refractivity contribution is -0.160. The maximum Gasteiger partial charge on any atom is 0.329 e. The Hall–Kier alpha value is -2.98. The molecule has 0 amide bonds. The molecule has 3 rings (SSSR count). The summed E-state index contributed by atoms with van der Waals surface area (Å²) in [6.45, 7) is 4.82. The summed E-state index contributed by atoms with van der Waals surface area (Å²) in [6.07, 6.45) is -1.10. The summed E-state index contributed by atoms with van der Waals surface area (Å²) in [5.41, 5.74) is -0.420. The van der Waals surface area contributed by atoms with Gasteiger partial charge in [0.15, 0.2) is 5.15 Å². The quantitative estimate of drug-likeness (QED) is 0.414. The van der Waals surface area contributed by atoms with Crippen LogP contribution in [-0.4, -0.2) is 44.7 Å². The van der Waals surface area contributed by atoms with Gasteiger partial charge in [0.05, 0.1) is 25.2 Å². The van der Waals surface area contributed by atoms with E-state index in [1.54, 1.807) is 39.0 Å². The van der Waals surface area contributed by atoms with E-state index in [1.807, 2.05) is 0 Å². The average Bonchev–Trinajstić information content (AvgIpc) is 3.16. The zero-order valence-electron chi connectivity index (χ0n) is 18.8. The second kappa shape index (κ2) is 10.1. The molecule has 0 saturated carbocycles. The largest absolute Gasteiger partial charge is 0.495 e. The van der Waals surface area contributed by atoms with Crippen LogP contribution in [0.15, 0.2) is 41.5 Å². The van der Waals surface area contributed by atoms with Gasteiger partial charge in [0, 0.05) is 28.6 Å². The Kier molecular flexibility index (Phi) is 7.62. The Balaban J connectivity index is 2.17. The van der Waals surface area contributed by atoms with Crippen LogP contribution in [-0.2, 0) is 9.53 Å². The van der Waals surface area contributed by atoms with Crippen molar-refractivity contribution in [3.8, 4) is 22.6 Å². The molecule has 0 fully saturated rings. The highest BCUT2D eigenvalue weighted by Gasteiger charge is 2.31. The van der Waals surface area contributed by atoms with Gasteiger partial charge >= 0.3 is 5.97 Å². The summed E-state index contributed by atoms with van der Waals surface area (Å²) in [6, 6.07) is 4.47. The molecular formula is C22H22Cl2F2N4O4. The van der Waals surface area contributed by atoms with Gasteiger partial charge in [0.1, 0.15) is 17.4 Å². The first kappa shape index (κ1) is 25.6. The van der Waals surface area contributed by atoms with Gasteiger partial charge in [-0.25, -0.2) is 18.3 Å². The van der Waals surface area contributed by atoms with Gasteiger partial charge in [0.2, 0.25) is 6.43 Å². The lowest BCUT2D eigenvalue weighted by Crippen LogP contribution is -2.35.